The molecular formula is C21H20F2. The van der Waals surface area contributed by atoms with Crippen LogP contribution in [0.15, 0.2) is 54.4 Å². The van der Waals surface area contributed by atoms with Gasteiger partial charge in [0.15, 0.2) is 5.83 Å². The molecule has 23 heavy (non-hydrogen) atoms. The molecule has 0 heterocycles. The topological polar surface area (TPSA) is 0 Å². The van der Waals surface area contributed by atoms with Crippen molar-refractivity contribution in [1.82, 2.24) is 0 Å². The molecule has 0 saturated heterocycles. The SMILES string of the molecule is CCCc1ccc(C#Cc2ccc(C(F)=C(F)CC)cc2)cc1. The van der Waals surface area contributed by atoms with Crippen molar-refractivity contribution >= 4 is 5.83 Å². The number of halogens is 2. The van der Waals surface area contributed by atoms with Crippen LogP contribution >= 0.6 is 0 Å². The monoisotopic (exact) mass is 310 g/mol. The fourth-order valence-corrected chi connectivity index (χ4v) is 2.20. The van der Waals surface area contributed by atoms with Gasteiger partial charge in [0, 0.05) is 16.7 Å². The van der Waals surface area contributed by atoms with Gasteiger partial charge in [0.05, 0.1) is 0 Å². The smallest absolute Gasteiger partial charge is 0.161 e. The van der Waals surface area contributed by atoms with Crippen molar-refractivity contribution in [3.8, 4) is 11.8 Å². The minimum atomic E-state index is -0.793. The Labute approximate surface area is 136 Å². The zero-order valence-electron chi connectivity index (χ0n) is 13.5. The van der Waals surface area contributed by atoms with Gasteiger partial charge in [-0.15, -0.1) is 0 Å². The maximum Gasteiger partial charge on any atom is 0.161 e. The van der Waals surface area contributed by atoms with E-state index in [4.69, 9.17) is 0 Å². The lowest BCUT2D eigenvalue weighted by Crippen LogP contribution is -1.84. The molecule has 0 aromatic heterocycles. The molecule has 0 amide bonds. The molecule has 0 aliphatic carbocycles. The van der Waals surface area contributed by atoms with Gasteiger partial charge in [-0.3, -0.25) is 0 Å². The van der Waals surface area contributed by atoms with Crippen molar-refractivity contribution in [1.29, 1.82) is 0 Å². The molecule has 2 heteroatoms. The van der Waals surface area contributed by atoms with E-state index in [-0.39, 0.29) is 12.0 Å². The van der Waals surface area contributed by atoms with Crippen molar-refractivity contribution in [2.75, 3.05) is 0 Å². The second kappa shape index (κ2) is 8.29. The summed E-state index contributed by atoms with van der Waals surface area (Å²) in [6.07, 6.45) is 2.25. The first-order chi connectivity index (χ1) is 11.1. The van der Waals surface area contributed by atoms with E-state index < -0.39 is 11.7 Å². The number of hydrogen-bond donors (Lipinski definition) is 0. The summed E-state index contributed by atoms with van der Waals surface area (Å²) >= 11 is 0. The van der Waals surface area contributed by atoms with Gasteiger partial charge in [-0.05, 0) is 42.7 Å². The molecule has 2 rings (SSSR count). The third-order valence-corrected chi connectivity index (χ3v) is 3.53. The van der Waals surface area contributed by atoms with E-state index in [2.05, 4.69) is 30.9 Å². The Balaban J connectivity index is 2.13. The highest BCUT2D eigenvalue weighted by atomic mass is 19.2. The molecule has 0 atom stereocenters. The summed E-state index contributed by atoms with van der Waals surface area (Å²) < 4.78 is 26.9. The summed E-state index contributed by atoms with van der Waals surface area (Å²) in [5.74, 6) is 4.60. The first-order valence-corrected chi connectivity index (χ1v) is 7.89. The van der Waals surface area contributed by atoms with Crippen molar-refractivity contribution in [3.63, 3.8) is 0 Å². The van der Waals surface area contributed by atoms with Crippen LogP contribution in [0.3, 0.4) is 0 Å². The Bertz CT molecular complexity index is 726. The van der Waals surface area contributed by atoms with Gasteiger partial charge in [-0.1, -0.05) is 56.4 Å². The molecule has 0 aliphatic rings. The van der Waals surface area contributed by atoms with Gasteiger partial charge in [-0.2, -0.15) is 0 Å². The van der Waals surface area contributed by atoms with Crippen molar-refractivity contribution < 1.29 is 8.78 Å². The lowest BCUT2D eigenvalue weighted by molar-refractivity contribution is 0.576. The second-order valence-electron chi connectivity index (χ2n) is 5.35. The van der Waals surface area contributed by atoms with Crippen LogP contribution in [0.5, 0.6) is 0 Å². The predicted octanol–water partition coefficient (Wildman–Crippen LogP) is 6.06. The van der Waals surface area contributed by atoms with Gasteiger partial charge < -0.3 is 0 Å². The zero-order valence-corrected chi connectivity index (χ0v) is 13.5. The van der Waals surface area contributed by atoms with Crippen LogP contribution in [0.1, 0.15) is 48.9 Å². The van der Waals surface area contributed by atoms with E-state index in [1.807, 2.05) is 12.1 Å². The summed E-state index contributed by atoms with van der Waals surface area (Å²) in [6.45, 7) is 3.74. The molecule has 0 nitrogen and oxygen atoms in total. The molecule has 0 unspecified atom stereocenters. The fourth-order valence-electron chi connectivity index (χ4n) is 2.20. The lowest BCUT2D eigenvalue weighted by atomic mass is 10.1. The van der Waals surface area contributed by atoms with Gasteiger partial charge in [0.1, 0.15) is 5.83 Å². The van der Waals surface area contributed by atoms with E-state index in [9.17, 15) is 8.78 Å². The molecule has 0 N–H and O–H groups in total. The molecule has 0 fully saturated rings. The third-order valence-electron chi connectivity index (χ3n) is 3.53. The Morgan fingerprint density at radius 2 is 1.35 bits per heavy atom. The van der Waals surface area contributed by atoms with Crippen molar-refractivity contribution in [2.24, 2.45) is 0 Å². The number of rotatable bonds is 4. The summed E-state index contributed by atoms with van der Waals surface area (Å²) in [5, 5.41) is 0. The average molecular weight is 310 g/mol. The molecule has 2 aromatic carbocycles. The molecule has 118 valence electrons. The molecule has 0 bridgehead atoms. The molecule has 0 saturated carbocycles. The molecule has 0 radical (unpaired) electrons. The minimum absolute atomic E-state index is 0.0570. The maximum atomic E-state index is 13.7. The van der Waals surface area contributed by atoms with Gasteiger partial charge >= 0.3 is 0 Å². The van der Waals surface area contributed by atoms with Gasteiger partial charge in [0.2, 0.25) is 0 Å². The van der Waals surface area contributed by atoms with Gasteiger partial charge in [-0.25, -0.2) is 8.78 Å². The summed E-state index contributed by atoms with van der Waals surface area (Å²) in [5.41, 5.74) is 3.27. The maximum absolute atomic E-state index is 13.7. The minimum Gasteiger partial charge on any atom is -0.209 e. The molecule has 0 aliphatic heterocycles. The molecular weight excluding hydrogens is 290 g/mol. The molecule has 2 aromatic rings. The standard InChI is InChI=1S/C21H20F2/c1-3-5-16-6-8-17(9-7-16)10-11-18-12-14-19(15-13-18)21(23)20(22)4-2/h6-9,12-15H,3-5H2,1-2H3. The summed E-state index contributed by atoms with van der Waals surface area (Å²) in [6, 6.07) is 14.7. The Morgan fingerprint density at radius 3 is 1.83 bits per heavy atom. The van der Waals surface area contributed by atoms with Gasteiger partial charge in [0.25, 0.3) is 0 Å². The second-order valence-corrected chi connectivity index (χ2v) is 5.35. The summed E-state index contributed by atoms with van der Waals surface area (Å²) in [7, 11) is 0. The van der Waals surface area contributed by atoms with E-state index in [1.165, 1.54) is 5.56 Å². The van der Waals surface area contributed by atoms with Crippen LogP contribution in [0.25, 0.3) is 5.83 Å². The van der Waals surface area contributed by atoms with Crippen molar-refractivity contribution in [3.05, 3.63) is 76.6 Å². The zero-order chi connectivity index (χ0) is 16.7. The van der Waals surface area contributed by atoms with Crippen LogP contribution < -0.4 is 0 Å². The molecule has 0 spiro atoms. The van der Waals surface area contributed by atoms with Crippen LogP contribution in [-0.2, 0) is 6.42 Å². The van der Waals surface area contributed by atoms with Crippen molar-refractivity contribution in [2.45, 2.75) is 33.1 Å². The first-order valence-electron chi connectivity index (χ1n) is 7.89. The van der Waals surface area contributed by atoms with E-state index in [0.717, 1.165) is 24.0 Å². The van der Waals surface area contributed by atoms with E-state index in [0.29, 0.717) is 0 Å². The van der Waals surface area contributed by atoms with Crippen LogP contribution in [0.4, 0.5) is 8.78 Å². The lowest BCUT2D eigenvalue weighted by Gasteiger charge is -2.00. The van der Waals surface area contributed by atoms with Crippen LogP contribution in [-0.4, -0.2) is 0 Å². The number of hydrogen-bond acceptors (Lipinski definition) is 0. The average Bonchev–Trinajstić information content (AvgIpc) is 2.60. The largest absolute Gasteiger partial charge is 0.209 e. The highest BCUT2D eigenvalue weighted by Crippen LogP contribution is 2.23. The Kier molecular flexibility index (Phi) is 6.11. The normalized spacial score (nSPS) is 11.5. The number of aryl methyl sites for hydroxylation is 1. The Morgan fingerprint density at radius 1 is 0.826 bits per heavy atom. The van der Waals surface area contributed by atoms with E-state index >= 15 is 0 Å². The fraction of sp³-hybridized carbons (Fsp3) is 0.238. The number of allylic oxidation sites excluding steroid dienone is 1. The predicted molar refractivity (Wildman–Crippen MR) is 92.3 cm³/mol. The van der Waals surface area contributed by atoms with E-state index in [1.54, 1.807) is 31.2 Å². The highest BCUT2D eigenvalue weighted by Gasteiger charge is 2.06. The Hall–Kier alpha value is -2.40. The quantitative estimate of drug-likeness (QED) is 0.602. The highest BCUT2D eigenvalue weighted by molar-refractivity contribution is 5.61. The van der Waals surface area contributed by atoms with Crippen LogP contribution in [0.2, 0.25) is 0 Å². The third kappa shape index (κ3) is 4.79. The van der Waals surface area contributed by atoms with Crippen LogP contribution in [0, 0.1) is 11.8 Å². The summed E-state index contributed by atoms with van der Waals surface area (Å²) in [4.78, 5) is 0. The number of benzene rings is 2. The first kappa shape index (κ1) is 17.0.